The van der Waals surface area contributed by atoms with Crippen LogP contribution in [0.25, 0.3) is 0 Å². The zero-order valence-corrected chi connectivity index (χ0v) is 12.6. The molecule has 0 aliphatic heterocycles. The summed E-state index contributed by atoms with van der Waals surface area (Å²) < 4.78 is 0. The SMILES string of the molecule is Cc1ccc(C[C@H](NC(=O)CC(C)C)C(=O)O)cc1C. The van der Waals surface area contributed by atoms with E-state index in [1.807, 2.05) is 45.9 Å². The maximum Gasteiger partial charge on any atom is 0.326 e. The van der Waals surface area contributed by atoms with Crippen LogP contribution >= 0.6 is 0 Å². The van der Waals surface area contributed by atoms with E-state index >= 15 is 0 Å². The van der Waals surface area contributed by atoms with Crippen molar-refractivity contribution in [3.05, 3.63) is 34.9 Å². The van der Waals surface area contributed by atoms with Gasteiger partial charge in [-0.15, -0.1) is 0 Å². The molecule has 1 amide bonds. The van der Waals surface area contributed by atoms with Crippen LogP contribution in [0.3, 0.4) is 0 Å². The minimum atomic E-state index is -1.000. The van der Waals surface area contributed by atoms with Gasteiger partial charge in [-0.25, -0.2) is 4.79 Å². The van der Waals surface area contributed by atoms with Gasteiger partial charge in [0.05, 0.1) is 0 Å². The lowest BCUT2D eigenvalue weighted by Crippen LogP contribution is -2.42. The lowest BCUT2D eigenvalue weighted by atomic mass is 10.0. The Balaban J connectivity index is 2.74. The number of nitrogens with one attached hydrogen (secondary N) is 1. The maximum absolute atomic E-state index is 11.7. The molecule has 0 aliphatic rings. The highest BCUT2D eigenvalue weighted by atomic mass is 16.4. The van der Waals surface area contributed by atoms with Crippen LogP contribution in [0.5, 0.6) is 0 Å². The summed E-state index contributed by atoms with van der Waals surface area (Å²) in [6.07, 6.45) is 0.650. The minimum absolute atomic E-state index is 0.212. The van der Waals surface area contributed by atoms with Crippen molar-refractivity contribution in [2.75, 3.05) is 0 Å². The number of rotatable bonds is 6. The van der Waals surface area contributed by atoms with Crippen molar-refractivity contribution >= 4 is 11.9 Å². The third kappa shape index (κ3) is 5.03. The van der Waals surface area contributed by atoms with Crippen LogP contribution in [0.4, 0.5) is 0 Å². The van der Waals surface area contributed by atoms with E-state index in [0.717, 1.165) is 11.1 Å². The second-order valence-electron chi connectivity index (χ2n) is 5.68. The average Bonchev–Trinajstić information content (AvgIpc) is 2.31. The second-order valence-corrected chi connectivity index (χ2v) is 5.68. The predicted molar refractivity (Wildman–Crippen MR) is 78.6 cm³/mol. The zero-order chi connectivity index (χ0) is 15.3. The molecular weight excluding hydrogens is 254 g/mol. The van der Waals surface area contributed by atoms with E-state index in [2.05, 4.69) is 5.32 Å². The van der Waals surface area contributed by atoms with Crippen LogP contribution in [-0.4, -0.2) is 23.0 Å². The normalized spacial score (nSPS) is 12.2. The van der Waals surface area contributed by atoms with E-state index in [1.54, 1.807) is 0 Å². The van der Waals surface area contributed by atoms with Gasteiger partial charge < -0.3 is 10.4 Å². The summed E-state index contributed by atoms with van der Waals surface area (Å²) in [5.41, 5.74) is 3.22. The van der Waals surface area contributed by atoms with Crippen molar-refractivity contribution in [2.45, 2.75) is 46.6 Å². The van der Waals surface area contributed by atoms with Crippen LogP contribution in [-0.2, 0) is 16.0 Å². The van der Waals surface area contributed by atoms with E-state index in [9.17, 15) is 14.7 Å². The molecule has 0 bridgehead atoms. The third-order valence-electron chi connectivity index (χ3n) is 3.24. The van der Waals surface area contributed by atoms with Gasteiger partial charge in [0.2, 0.25) is 5.91 Å². The topological polar surface area (TPSA) is 66.4 Å². The molecule has 1 rings (SSSR count). The van der Waals surface area contributed by atoms with Gasteiger partial charge in [0, 0.05) is 12.8 Å². The average molecular weight is 277 g/mol. The smallest absolute Gasteiger partial charge is 0.326 e. The van der Waals surface area contributed by atoms with Crippen molar-refractivity contribution < 1.29 is 14.7 Å². The molecular formula is C16H23NO3. The molecule has 0 saturated carbocycles. The molecule has 110 valence electrons. The number of benzene rings is 1. The fourth-order valence-electron chi connectivity index (χ4n) is 1.99. The van der Waals surface area contributed by atoms with Gasteiger partial charge >= 0.3 is 5.97 Å². The number of amides is 1. The molecule has 0 radical (unpaired) electrons. The number of carbonyl (C=O) groups excluding carboxylic acids is 1. The van der Waals surface area contributed by atoms with Gasteiger partial charge in [-0.2, -0.15) is 0 Å². The Bertz CT molecular complexity index is 494. The predicted octanol–water partition coefficient (Wildman–Crippen LogP) is 2.46. The van der Waals surface area contributed by atoms with E-state index < -0.39 is 12.0 Å². The first-order valence-corrected chi connectivity index (χ1v) is 6.88. The first kappa shape index (κ1) is 16.2. The highest BCUT2D eigenvalue weighted by Crippen LogP contribution is 2.12. The molecule has 1 atom stereocenters. The van der Waals surface area contributed by atoms with Crippen LogP contribution < -0.4 is 5.32 Å². The molecule has 0 unspecified atom stereocenters. The quantitative estimate of drug-likeness (QED) is 0.839. The van der Waals surface area contributed by atoms with E-state index in [4.69, 9.17) is 0 Å². The van der Waals surface area contributed by atoms with Gasteiger partial charge in [0.15, 0.2) is 0 Å². The van der Waals surface area contributed by atoms with Gasteiger partial charge in [0.1, 0.15) is 6.04 Å². The molecule has 0 heterocycles. The minimum Gasteiger partial charge on any atom is -0.480 e. The summed E-state index contributed by atoms with van der Waals surface area (Å²) in [6.45, 7) is 7.86. The molecule has 0 saturated heterocycles. The highest BCUT2D eigenvalue weighted by Gasteiger charge is 2.20. The Morgan fingerprint density at radius 1 is 1.20 bits per heavy atom. The first-order chi connectivity index (χ1) is 9.29. The molecule has 2 N–H and O–H groups in total. The van der Waals surface area contributed by atoms with Crippen LogP contribution in [0.1, 0.15) is 37.0 Å². The standard InChI is InChI=1S/C16H23NO3/c1-10(2)7-15(18)17-14(16(19)20)9-13-6-5-11(3)12(4)8-13/h5-6,8,10,14H,7,9H2,1-4H3,(H,17,18)(H,19,20)/t14-/m0/s1. The monoisotopic (exact) mass is 277 g/mol. The summed E-state index contributed by atoms with van der Waals surface area (Å²) in [7, 11) is 0. The van der Waals surface area contributed by atoms with Crippen molar-refractivity contribution in [3.63, 3.8) is 0 Å². The number of aliphatic carboxylic acids is 1. The molecule has 1 aromatic rings. The highest BCUT2D eigenvalue weighted by molar-refractivity contribution is 5.83. The Kier molecular flexibility index (Phi) is 5.74. The Labute approximate surface area is 120 Å². The lowest BCUT2D eigenvalue weighted by Gasteiger charge is -2.16. The summed E-state index contributed by atoms with van der Waals surface area (Å²) in [4.78, 5) is 23.0. The molecule has 0 aromatic heterocycles. The number of carbonyl (C=O) groups is 2. The number of hydrogen-bond acceptors (Lipinski definition) is 2. The van der Waals surface area contributed by atoms with Gasteiger partial charge in [-0.05, 0) is 36.5 Å². The van der Waals surface area contributed by atoms with E-state index in [1.165, 1.54) is 5.56 Å². The molecule has 4 heteroatoms. The van der Waals surface area contributed by atoms with Crippen LogP contribution in [0, 0.1) is 19.8 Å². The molecule has 4 nitrogen and oxygen atoms in total. The van der Waals surface area contributed by atoms with E-state index in [-0.39, 0.29) is 11.8 Å². The molecule has 0 fully saturated rings. The van der Waals surface area contributed by atoms with Gasteiger partial charge in [-0.3, -0.25) is 4.79 Å². The number of aryl methyl sites for hydroxylation is 2. The summed E-state index contributed by atoms with van der Waals surface area (Å²) in [5, 5.41) is 11.8. The summed E-state index contributed by atoms with van der Waals surface area (Å²) in [5.74, 6) is -0.998. The zero-order valence-electron chi connectivity index (χ0n) is 12.6. The fraction of sp³-hybridized carbons (Fsp3) is 0.500. The Hall–Kier alpha value is -1.84. The molecule has 20 heavy (non-hydrogen) atoms. The van der Waals surface area contributed by atoms with Crippen molar-refractivity contribution in [1.82, 2.24) is 5.32 Å². The summed E-state index contributed by atoms with van der Waals surface area (Å²) >= 11 is 0. The van der Waals surface area contributed by atoms with Crippen LogP contribution in [0.2, 0.25) is 0 Å². The van der Waals surface area contributed by atoms with Gasteiger partial charge in [-0.1, -0.05) is 32.0 Å². The van der Waals surface area contributed by atoms with E-state index in [0.29, 0.717) is 12.8 Å². The van der Waals surface area contributed by atoms with Crippen molar-refractivity contribution in [3.8, 4) is 0 Å². The van der Waals surface area contributed by atoms with Crippen molar-refractivity contribution in [2.24, 2.45) is 5.92 Å². The Morgan fingerprint density at radius 3 is 2.35 bits per heavy atom. The maximum atomic E-state index is 11.7. The second kappa shape index (κ2) is 7.08. The summed E-state index contributed by atoms with van der Waals surface area (Å²) in [6, 6.07) is 4.98. The van der Waals surface area contributed by atoms with Crippen molar-refractivity contribution in [1.29, 1.82) is 0 Å². The lowest BCUT2D eigenvalue weighted by molar-refractivity contribution is -0.141. The fourth-order valence-corrected chi connectivity index (χ4v) is 1.99. The largest absolute Gasteiger partial charge is 0.480 e. The third-order valence-corrected chi connectivity index (χ3v) is 3.24. The Morgan fingerprint density at radius 2 is 1.85 bits per heavy atom. The number of hydrogen-bond donors (Lipinski definition) is 2. The molecule has 1 aromatic carbocycles. The number of carboxylic acid groups (broad SMARTS) is 1. The first-order valence-electron chi connectivity index (χ1n) is 6.88. The molecule has 0 aliphatic carbocycles. The number of carboxylic acids is 1. The van der Waals surface area contributed by atoms with Crippen LogP contribution in [0.15, 0.2) is 18.2 Å². The molecule has 0 spiro atoms. The van der Waals surface area contributed by atoms with Gasteiger partial charge in [0.25, 0.3) is 0 Å².